The molecule has 4 rings (SSSR count). The summed E-state index contributed by atoms with van der Waals surface area (Å²) < 4.78 is 16.4. The average Bonchev–Trinajstić information content (AvgIpc) is 3.36. The third-order valence-electron chi connectivity index (χ3n) is 4.79. The minimum atomic E-state index is -0.473. The number of aromatic nitrogens is 2. The van der Waals surface area contributed by atoms with Gasteiger partial charge in [0, 0.05) is 41.9 Å². The fraction of sp³-hybridized carbons (Fsp3) is 0.300. The fourth-order valence-corrected chi connectivity index (χ4v) is 3.10. The molecule has 0 atom stereocenters. The summed E-state index contributed by atoms with van der Waals surface area (Å²) in [6, 6.07) is 9.46. The van der Waals surface area contributed by atoms with E-state index in [1.165, 1.54) is 12.1 Å². The number of ether oxygens (including phenoxy) is 2. The number of nitro benzene ring substituents is 1. The number of non-ortho nitro benzene ring substituents is 1. The van der Waals surface area contributed by atoms with Crippen molar-refractivity contribution in [2.45, 2.75) is 33.0 Å². The van der Waals surface area contributed by atoms with Crippen LogP contribution < -0.4 is 9.47 Å². The standard InChI is InChI=1S/C20H20N4O6/c1-12(2)23(9-14-7-17-18(8-16(14)25)29-11-28-17)10-19-21-22-20(30-19)13-4-3-5-15(6-13)24(26)27/h3-8,12,25H,9-11H2,1-2H3. The Balaban J connectivity index is 1.52. The molecule has 1 aromatic heterocycles. The van der Waals surface area contributed by atoms with E-state index in [2.05, 4.69) is 10.2 Å². The maximum Gasteiger partial charge on any atom is 0.270 e. The van der Waals surface area contributed by atoms with Crippen molar-refractivity contribution in [2.75, 3.05) is 6.79 Å². The van der Waals surface area contributed by atoms with Gasteiger partial charge in [-0.05, 0) is 26.0 Å². The van der Waals surface area contributed by atoms with Crippen molar-refractivity contribution in [2.24, 2.45) is 0 Å². The van der Waals surface area contributed by atoms with Crippen molar-refractivity contribution in [3.63, 3.8) is 0 Å². The highest BCUT2D eigenvalue weighted by Gasteiger charge is 2.21. The van der Waals surface area contributed by atoms with Gasteiger partial charge in [-0.15, -0.1) is 10.2 Å². The van der Waals surface area contributed by atoms with Crippen LogP contribution >= 0.6 is 0 Å². The maximum atomic E-state index is 11.0. The number of benzene rings is 2. The highest BCUT2D eigenvalue weighted by atomic mass is 16.7. The van der Waals surface area contributed by atoms with Crippen molar-refractivity contribution >= 4 is 5.69 Å². The molecule has 30 heavy (non-hydrogen) atoms. The minimum Gasteiger partial charge on any atom is -0.507 e. The van der Waals surface area contributed by atoms with Crippen LogP contribution in [0.4, 0.5) is 5.69 Å². The third kappa shape index (κ3) is 4.03. The van der Waals surface area contributed by atoms with Crippen LogP contribution in [0.1, 0.15) is 25.3 Å². The number of rotatable bonds is 7. The zero-order valence-electron chi connectivity index (χ0n) is 16.4. The van der Waals surface area contributed by atoms with E-state index >= 15 is 0 Å². The molecule has 0 saturated carbocycles. The molecular weight excluding hydrogens is 392 g/mol. The topological polar surface area (TPSA) is 124 Å². The highest BCUT2D eigenvalue weighted by Crippen LogP contribution is 2.38. The number of aromatic hydroxyl groups is 1. The summed E-state index contributed by atoms with van der Waals surface area (Å²) in [6.45, 7) is 4.93. The monoisotopic (exact) mass is 412 g/mol. The minimum absolute atomic E-state index is 0.0469. The van der Waals surface area contributed by atoms with E-state index < -0.39 is 4.92 Å². The first-order valence-corrected chi connectivity index (χ1v) is 9.33. The van der Waals surface area contributed by atoms with E-state index in [0.717, 1.165) is 0 Å². The van der Waals surface area contributed by atoms with E-state index in [1.807, 2.05) is 18.7 Å². The van der Waals surface area contributed by atoms with Gasteiger partial charge in [-0.3, -0.25) is 15.0 Å². The summed E-state index contributed by atoms with van der Waals surface area (Å²) in [4.78, 5) is 12.5. The number of hydrogen-bond acceptors (Lipinski definition) is 9. The molecule has 2 heterocycles. The summed E-state index contributed by atoms with van der Waals surface area (Å²) in [6.07, 6.45) is 0. The van der Waals surface area contributed by atoms with Crippen LogP contribution in [0.2, 0.25) is 0 Å². The second-order valence-electron chi connectivity index (χ2n) is 7.14. The molecule has 0 fully saturated rings. The molecule has 2 aromatic carbocycles. The van der Waals surface area contributed by atoms with Gasteiger partial charge in [0.15, 0.2) is 11.5 Å². The van der Waals surface area contributed by atoms with Crippen molar-refractivity contribution in [3.05, 3.63) is 58.0 Å². The number of phenolic OH excluding ortho intramolecular Hbond substituents is 1. The van der Waals surface area contributed by atoms with Crippen LogP contribution in [0, 0.1) is 10.1 Å². The predicted octanol–water partition coefficient (Wildman–Crippen LogP) is 3.49. The molecule has 0 unspecified atom stereocenters. The van der Waals surface area contributed by atoms with Crippen LogP contribution in [0.25, 0.3) is 11.5 Å². The number of fused-ring (bicyclic) bond motifs is 1. The Labute approximate surface area is 171 Å². The fourth-order valence-electron chi connectivity index (χ4n) is 3.10. The van der Waals surface area contributed by atoms with Gasteiger partial charge in [0.05, 0.1) is 11.5 Å². The van der Waals surface area contributed by atoms with Gasteiger partial charge in [-0.25, -0.2) is 0 Å². The SMILES string of the molecule is CC(C)N(Cc1nnc(-c2cccc([N+](=O)[O-])c2)o1)Cc1cc2c(cc1O)OCO2. The van der Waals surface area contributed by atoms with Crippen LogP contribution in [-0.2, 0) is 13.1 Å². The van der Waals surface area contributed by atoms with E-state index in [1.54, 1.807) is 24.3 Å². The summed E-state index contributed by atoms with van der Waals surface area (Å²) in [7, 11) is 0. The summed E-state index contributed by atoms with van der Waals surface area (Å²) in [5, 5.41) is 29.4. The van der Waals surface area contributed by atoms with Crippen LogP contribution in [0.15, 0.2) is 40.8 Å². The number of nitro groups is 1. The lowest BCUT2D eigenvalue weighted by Gasteiger charge is -2.25. The van der Waals surface area contributed by atoms with Crippen LogP contribution in [0.5, 0.6) is 17.2 Å². The average molecular weight is 412 g/mol. The molecule has 0 bridgehead atoms. The first kappa shape index (κ1) is 19.6. The molecule has 10 heteroatoms. The molecular formula is C20H20N4O6. The Morgan fingerprint density at radius 2 is 1.93 bits per heavy atom. The van der Waals surface area contributed by atoms with Gasteiger partial charge in [0.2, 0.25) is 18.6 Å². The first-order chi connectivity index (χ1) is 14.4. The Morgan fingerprint density at radius 1 is 1.17 bits per heavy atom. The van der Waals surface area contributed by atoms with Crippen molar-refractivity contribution in [1.29, 1.82) is 0 Å². The van der Waals surface area contributed by atoms with Crippen molar-refractivity contribution in [3.8, 4) is 28.7 Å². The van der Waals surface area contributed by atoms with Gasteiger partial charge in [-0.1, -0.05) is 6.07 Å². The predicted molar refractivity (Wildman–Crippen MR) is 105 cm³/mol. The van der Waals surface area contributed by atoms with Crippen LogP contribution in [-0.4, -0.2) is 38.0 Å². The molecule has 3 aromatic rings. The second-order valence-corrected chi connectivity index (χ2v) is 7.14. The van der Waals surface area contributed by atoms with Gasteiger partial charge in [-0.2, -0.15) is 0 Å². The van der Waals surface area contributed by atoms with Gasteiger partial charge >= 0.3 is 0 Å². The molecule has 0 saturated heterocycles. The van der Waals surface area contributed by atoms with E-state index in [0.29, 0.717) is 41.6 Å². The zero-order chi connectivity index (χ0) is 21.3. The van der Waals surface area contributed by atoms with Gasteiger partial charge in [0.1, 0.15) is 5.75 Å². The number of nitrogens with zero attached hydrogens (tertiary/aromatic N) is 4. The lowest BCUT2D eigenvalue weighted by atomic mass is 10.1. The molecule has 0 spiro atoms. The smallest absolute Gasteiger partial charge is 0.270 e. The van der Waals surface area contributed by atoms with Crippen molar-refractivity contribution < 1.29 is 23.9 Å². The Hall–Kier alpha value is -3.66. The summed E-state index contributed by atoms with van der Waals surface area (Å²) in [5.74, 6) is 1.81. The lowest BCUT2D eigenvalue weighted by molar-refractivity contribution is -0.384. The quantitative estimate of drug-likeness (QED) is 0.458. The molecule has 0 radical (unpaired) electrons. The van der Waals surface area contributed by atoms with Gasteiger partial charge < -0.3 is 19.0 Å². The lowest BCUT2D eigenvalue weighted by Crippen LogP contribution is -2.30. The molecule has 10 nitrogen and oxygen atoms in total. The normalized spacial score (nSPS) is 12.7. The maximum absolute atomic E-state index is 11.0. The highest BCUT2D eigenvalue weighted by molar-refractivity contribution is 5.57. The second kappa shape index (κ2) is 7.99. The molecule has 0 aliphatic carbocycles. The third-order valence-corrected chi connectivity index (χ3v) is 4.79. The Morgan fingerprint density at radius 3 is 2.67 bits per heavy atom. The summed E-state index contributed by atoms with van der Waals surface area (Å²) in [5.41, 5.74) is 1.12. The molecule has 0 amide bonds. The molecule has 156 valence electrons. The number of hydrogen-bond donors (Lipinski definition) is 1. The Kier molecular flexibility index (Phi) is 5.23. The summed E-state index contributed by atoms with van der Waals surface area (Å²) >= 11 is 0. The van der Waals surface area contributed by atoms with Crippen molar-refractivity contribution in [1.82, 2.24) is 15.1 Å². The number of phenols is 1. The van der Waals surface area contributed by atoms with E-state index in [9.17, 15) is 15.2 Å². The Bertz CT molecular complexity index is 1080. The largest absolute Gasteiger partial charge is 0.507 e. The molecule has 1 aliphatic rings. The molecule has 1 N–H and O–H groups in total. The molecule has 1 aliphatic heterocycles. The zero-order valence-corrected chi connectivity index (χ0v) is 16.4. The van der Waals surface area contributed by atoms with E-state index in [-0.39, 0.29) is 30.2 Å². The first-order valence-electron chi connectivity index (χ1n) is 9.33. The van der Waals surface area contributed by atoms with Crippen LogP contribution in [0.3, 0.4) is 0 Å². The van der Waals surface area contributed by atoms with Gasteiger partial charge in [0.25, 0.3) is 5.69 Å². The van der Waals surface area contributed by atoms with E-state index in [4.69, 9.17) is 13.9 Å².